The average Bonchev–Trinajstić information content (AvgIpc) is 2.46. The minimum absolute atomic E-state index is 0.0469. The van der Waals surface area contributed by atoms with Crippen molar-refractivity contribution in [2.45, 2.75) is 12.8 Å². The molecule has 0 radical (unpaired) electrons. The maximum atomic E-state index is 13.1. The van der Waals surface area contributed by atoms with Crippen molar-refractivity contribution in [1.29, 1.82) is 5.26 Å². The molecule has 1 atom stereocenters. The van der Waals surface area contributed by atoms with Gasteiger partial charge < -0.3 is 15.5 Å². The van der Waals surface area contributed by atoms with Gasteiger partial charge in [0, 0.05) is 11.8 Å². The fourth-order valence-corrected chi connectivity index (χ4v) is 2.59. The Morgan fingerprint density at radius 1 is 1.36 bits per heavy atom. The van der Waals surface area contributed by atoms with Crippen molar-refractivity contribution in [2.24, 2.45) is 5.73 Å². The molecule has 1 aliphatic heterocycles. The van der Waals surface area contributed by atoms with Gasteiger partial charge in [0.2, 0.25) is 5.88 Å². The number of ether oxygens (including phenoxy) is 1. The average molecular weight is 297 g/mol. The lowest BCUT2D eigenvalue weighted by Gasteiger charge is -2.25. The highest BCUT2D eigenvalue weighted by Gasteiger charge is 2.33. The lowest BCUT2D eigenvalue weighted by Crippen LogP contribution is -2.28. The standard InChI is InChI=1S/C16H12FN3O2/c1-8-6-12-14(16(21)20-8)13(11(7-18)15(19)22-12)9-2-4-10(17)5-3-9/h2-6,13H,19H2,1H3,(H,20,21). The predicted molar refractivity (Wildman–Crippen MR) is 77.5 cm³/mol. The molecular weight excluding hydrogens is 285 g/mol. The molecule has 3 rings (SSSR count). The number of halogens is 1. The van der Waals surface area contributed by atoms with Crippen LogP contribution in [0.5, 0.6) is 5.75 Å². The van der Waals surface area contributed by atoms with Gasteiger partial charge in [0.1, 0.15) is 23.2 Å². The van der Waals surface area contributed by atoms with Crippen LogP contribution in [0.1, 0.15) is 22.7 Å². The van der Waals surface area contributed by atoms with Crippen LogP contribution in [0, 0.1) is 24.1 Å². The van der Waals surface area contributed by atoms with Crippen LogP contribution in [-0.4, -0.2) is 4.98 Å². The van der Waals surface area contributed by atoms with Crippen molar-refractivity contribution in [3.8, 4) is 11.8 Å². The molecule has 0 amide bonds. The van der Waals surface area contributed by atoms with Crippen molar-refractivity contribution in [1.82, 2.24) is 4.98 Å². The number of H-pyrrole nitrogens is 1. The van der Waals surface area contributed by atoms with E-state index in [0.29, 0.717) is 22.6 Å². The van der Waals surface area contributed by atoms with Crippen LogP contribution in [0.15, 0.2) is 46.6 Å². The van der Waals surface area contributed by atoms with Crippen molar-refractivity contribution < 1.29 is 9.13 Å². The summed E-state index contributed by atoms with van der Waals surface area (Å²) >= 11 is 0. The van der Waals surface area contributed by atoms with Gasteiger partial charge in [0.25, 0.3) is 5.56 Å². The van der Waals surface area contributed by atoms with Crippen LogP contribution < -0.4 is 16.0 Å². The summed E-state index contributed by atoms with van der Waals surface area (Å²) in [5, 5.41) is 9.36. The van der Waals surface area contributed by atoms with Crippen molar-refractivity contribution in [2.75, 3.05) is 0 Å². The lowest BCUT2D eigenvalue weighted by molar-refractivity contribution is 0.391. The number of hydrogen-bond donors (Lipinski definition) is 2. The molecule has 5 nitrogen and oxygen atoms in total. The third-order valence-electron chi connectivity index (χ3n) is 3.55. The number of hydrogen-bond acceptors (Lipinski definition) is 4. The third kappa shape index (κ3) is 2.13. The van der Waals surface area contributed by atoms with E-state index < -0.39 is 11.7 Å². The first-order valence-corrected chi connectivity index (χ1v) is 6.58. The molecule has 6 heteroatoms. The first-order valence-electron chi connectivity index (χ1n) is 6.58. The second-order valence-corrected chi connectivity index (χ2v) is 5.04. The molecule has 0 fully saturated rings. The van der Waals surface area contributed by atoms with E-state index in [4.69, 9.17) is 10.5 Å². The van der Waals surface area contributed by atoms with Gasteiger partial charge in [-0.2, -0.15) is 5.26 Å². The Labute approximate surface area is 125 Å². The SMILES string of the molecule is Cc1cc2c(c(=O)[nH]1)C(c1ccc(F)cc1)C(C#N)=C(N)O2. The number of pyridine rings is 1. The fourth-order valence-electron chi connectivity index (χ4n) is 2.59. The third-order valence-corrected chi connectivity index (χ3v) is 3.55. The molecule has 1 aliphatic rings. The Morgan fingerprint density at radius 2 is 2.05 bits per heavy atom. The Bertz CT molecular complexity index is 876. The predicted octanol–water partition coefficient (Wildman–Crippen LogP) is 2.04. The van der Waals surface area contributed by atoms with Gasteiger partial charge in [0.15, 0.2) is 0 Å². The molecule has 1 aromatic heterocycles. The van der Waals surface area contributed by atoms with Crippen molar-refractivity contribution in [3.63, 3.8) is 0 Å². The van der Waals surface area contributed by atoms with Crippen molar-refractivity contribution in [3.05, 3.63) is 74.8 Å². The van der Waals surface area contributed by atoms with Crippen LogP contribution in [0.3, 0.4) is 0 Å². The molecule has 110 valence electrons. The zero-order chi connectivity index (χ0) is 15.9. The van der Waals surface area contributed by atoms with Gasteiger partial charge in [-0.05, 0) is 24.6 Å². The van der Waals surface area contributed by atoms with Crippen LogP contribution in [0.4, 0.5) is 4.39 Å². The Balaban J connectivity index is 2.29. The number of nitrogens with zero attached hydrogens (tertiary/aromatic N) is 1. The highest BCUT2D eigenvalue weighted by molar-refractivity contribution is 5.54. The van der Waals surface area contributed by atoms with Crippen LogP contribution >= 0.6 is 0 Å². The molecule has 0 saturated heterocycles. The van der Waals surface area contributed by atoms with E-state index in [1.807, 2.05) is 6.07 Å². The van der Waals surface area contributed by atoms with E-state index in [1.165, 1.54) is 24.3 Å². The summed E-state index contributed by atoms with van der Waals surface area (Å²) < 4.78 is 18.6. The van der Waals surface area contributed by atoms with Crippen LogP contribution in [0.25, 0.3) is 0 Å². The molecular formula is C16H12FN3O2. The van der Waals surface area contributed by atoms with Gasteiger partial charge in [-0.3, -0.25) is 4.79 Å². The number of fused-ring (bicyclic) bond motifs is 1. The van der Waals surface area contributed by atoms with Gasteiger partial charge >= 0.3 is 0 Å². The fraction of sp³-hybridized carbons (Fsp3) is 0.125. The Hall–Kier alpha value is -3.07. The van der Waals surface area contributed by atoms with Gasteiger partial charge in [-0.25, -0.2) is 4.39 Å². The maximum absolute atomic E-state index is 13.1. The molecule has 0 spiro atoms. The number of aromatic amines is 1. The number of aryl methyl sites for hydroxylation is 1. The van der Waals surface area contributed by atoms with E-state index in [-0.39, 0.29) is 17.0 Å². The Kier molecular flexibility index (Phi) is 3.18. The van der Waals surface area contributed by atoms with Gasteiger partial charge in [-0.1, -0.05) is 12.1 Å². The van der Waals surface area contributed by atoms with E-state index in [0.717, 1.165) is 0 Å². The molecule has 1 aromatic carbocycles. The second kappa shape index (κ2) is 5.04. The zero-order valence-electron chi connectivity index (χ0n) is 11.7. The number of rotatable bonds is 1. The molecule has 22 heavy (non-hydrogen) atoms. The number of nitrogens with two attached hydrogens (primary N) is 1. The summed E-state index contributed by atoms with van der Waals surface area (Å²) in [6.45, 7) is 1.72. The minimum atomic E-state index is -0.682. The topological polar surface area (TPSA) is 91.9 Å². The number of aromatic nitrogens is 1. The summed E-state index contributed by atoms with van der Waals surface area (Å²) in [5.74, 6) is -0.815. The summed E-state index contributed by atoms with van der Waals surface area (Å²) in [7, 11) is 0. The monoisotopic (exact) mass is 297 g/mol. The highest BCUT2D eigenvalue weighted by Crippen LogP contribution is 2.39. The smallest absolute Gasteiger partial charge is 0.256 e. The normalized spacial score (nSPS) is 16.7. The number of nitrogens with one attached hydrogen (secondary N) is 1. The molecule has 0 bridgehead atoms. The minimum Gasteiger partial charge on any atom is -0.440 e. The molecule has 0 saturated carbocycles. The number of allylic oxidation sites excluding steroid dienone is 1. The summed E-state index contributed by atoms with van der Waals surface area (Å²) in [5.41, 5.74) is 7.10. The number of nitriles is 1. The quantitative estimate of drug-likeness (QED) is 0.842. The van der Waals surface area contributed by atoms with Crippen LogP contribution in [0.2, 0.25) is 0 Å². The van der Waals surface area contributed by atoms with Gasteiger partial charge in [0.05, 0.1) is 11.5 Å². The lowest BCUT2D eigenvalue weighted by atomic mass is 9.84. The first kappa shape index (κ1) is 13.9. The molecule has 2 heterocycles. The molecule has 0 aliphatic carbocycles. The first-order chi connectivity index (χ1) is 10.5. The summed E-state index contributed by atoms with van der Waals surface area (Å²) in [6.07, 6.45) is 0. The molecule has 2 aromatic rings. The largest absolute Gasteiger partial charge is 0.440 e. The summed E-state index contributed by atoms with van der Waals surface area (Å²) in [6, 6.07) is 9.24. The van der Waals surface area contributed by atoms with E-state index in [1.54, 1.807) is 13.0 Å². The second-order valence-electron chi connectivity index (χ2n) is 5.04. The van der Waals surface area contributed by atoms with Crippen LogP contribution in [-0.2, 0) is 0 Å². The summed E-state index contributed by atoms with van der Waals surface area (Å²) in [4.78, 5) is 15.0. The van der Waals surface area contributed by atoms with Gasteiger partial charge in [-0.15, -0.1) is 0 Å². The molecule has 1 unspecified atom stereocenters. The number of benzene rings is 1. The maximum Gasteiger partial charge on any atom is 0.256 e. The van der Waals surface area contributed by atoms with Crippen molar-refractivity contribution >= 4 is 0 Å². The highest BCUT2D eigenvalue weighted by atomic mass is 19.1. The van der Waals surface area contributed by atoms with E-state index in [9.17, 15) is 14.4 Å². The molecule has 3 N–H and O–H groups in total. The Morgan fingerprint density at radius 3 is 2.68 bits per heavy atom. The van der Waals surface area contributed by atoms with E-state index in [2.05, 4.69) is 4.98 Å². The zero-order valence-corrected chi connectivity index (χ0v) is 11.7. The van der Waals surface area contributed by atoms with E-state index >= 15 is 0 Å².